The molecule has 0 radical (unpaired) electrons. The molecule has 1 N–H and O–H groups in total. The molecule has 0 aliphatic heterocycles. The topological polar surface area (TPSA) is 63.4 Å². The number of alkyl halides is 2. The molecule has 0 fully saturated rings. The molecule has 6 heteroatoms. The van der Waals surface area contributed by atoms with E-state index in [0.29, 0.717) is 0 Å². The van der Waals surface area contributed by atoms with Crippen LogP contribution in [0, 0.1) is 10.1 Å². The molecule has 0 aromatic carbocycles. The fourth-order valence-corrected chi connectivity index (χ4v) is 0. The van der Waals surface area contributed by atoms with E-state index in [4.69, 9.17) is 5.11 Å². The van der Waals surface area contributed by atoms with Crippen LogP contribution in [0.3, 0.4) is 0 Å². The molecule has 0 unspecified atom stereocenters. The molecule has 0 aromatic heterocycles. The summed E-state index contributed by atoms with van der Waals surface area (Å²) in [5, 5.41) is 17.7. The van der Waals surface area contributed by atoms with E-state index in [2.05, 4.69) is 31.9 Å². The van der Waals surface area contributed by atoms with Crippen LogP contribution < -0.4 is 0 Å². The van der Waals surface area contributed by atoms with Crippen LogP contribution in [-0.4, -0.2) is 13.6 Å². The Morgan fingerprint density at radius 1 is 1.71 bits per heavy atom. The second-order valence-corrected chi connectivity index (χ2v) is 4.04. The smallest absolute Gasteiger partial charge is 0.312 e. The predicted molar refractivity (Wildman–Crippen MR) is 29.8 cm³/mol. The molecule has 0 atom stereocenters. The van der Waals surface area contributed by atoms with Crippen LogP contribution in [0.25, 0.3) is 0 Å². The third kappa shape index (κ3) is 2.95. The molecule has 7 heavy (non-hydrogen) atoms. The summed E-state index contributed by atoms with van der Waals surface area (Å²) in [6.45, 7) is 0. The number of hydrogen-bond acceptors (Lipinski definition) is 3. The van der Waals surface area contributed by atoms with Crippen LogP contribution in [0.1, 0.15) is 0 Å². The van der Waals surface area contributed by atoms with Crippen LogP contribution in [0.15, 0.2) is 0 Å². The largest absolute Gasteiger partial charge is 0.433 e. The van der Waals surface area contributed by atoms with Crippen LogP contribution >= 0.6 is 31.9 Å². The highest BCUT2D eigenvalue weighted by molar-refractivity contribution is 9.25. The number of rotatable bonds is 1. The van der Waals surface area contributed by atoms with Crippen LogP contribution in [-0.2, 0) is 0 Å². The molecule has 0 amide bonds. The van der Waals surface area contributed by atoms with Gasteiger partial charge in [0.25, 0.3) is 0 Å². The summed E-state index contributed by atoms with van der Waals surface area (Å²) in [5.41, 5.74) is 0. The molecule has 0 saturated heterocycles. The van der Waals surface area contributed by atoms with E-state index in [0.717, 1.165) is 0 Å². The quantitative estimate of drug-likeness (QED) is 0.238. The van der Waals surface area contributed by atoms with Gasteiger partial charge in [0.1, 0.15) is 0 Å². The number of hydrogen-bond donors (Lipinski definition) is 1. The molecule has 0 saturated carbocycles. The Labute approximate surface area is 55.9 Å². The van der Waals surface area contributed by atoms with Crippen LogP contribution in [0.5, 0.6) is 0 Å². The maximum atomic E-state index is 9.48. The van der Waals surface area contributed by atoms with Crippen molar-refractivity contribution in [1.29, 1.82) is 0 Å². The van der Waals surface area contributed by atoms with Crippen molar-refractivity contribution in [3.05, 3.63) is 10.1 Å². The Morgan fingerprint density at radius 2 is 1.86 bits per heavy atom. The SMILES string of the molecule is O=[N+]([O-])C(O)(Br)Br. The minimum atomic E-state index is -2.15. The molecule has 42 valence electrons. The molecule has 4 nitrogen and oxygen atoms in total. The van der Waals surface area contributed by atoms with Gasteiger partial charge < -0.3 is 5.11 Å². The van der Waals surface area contributed by atoms with Gasteiger partial charge in [0, 0.05) is 0 Å². The third-order valence-electron chi connectivity index (χ3n) is 0.220. The fourth-order valence-electron chi connectivity index (χ4n) is 0. The Balaban J connectivity index is 3.79. The summed E-state index contributed by atoms with van der Waals surface area (Å²) < 4.78 is -2.15. The molecule has 0 aliphatic carbocycles. The van der Waals surface area contributed by atoms with E-state index in [1.54, 1.807) is 0 Å². The van der Waals surface area contributed by atoms with Crippen molar-refractivity contribution in [1.82, 2.24) is 0 Å². The zero-order valence-corrected chi connectivity index (χ0v) is 6.14. The maximum Gasteiger partial charge on any atom is 0.433 e. The minimum absolute atomic E-state index is 0.924. The van der Waals surface area contributed by atoms with Crippen molar-refractivity contribution in [2.75, 3.05) is 0 Å². The molecule has 0 heterocycles. The van der Waals surface area contributed by atoms with Gasteiger partial charge in [-0.1, -0.05) is 0 Å². The predicted octanol–water partition coefficient (Wildman–Crippen LogP) is 0.656. The molecule has 0 bridgehead atoms. The minimum Gasteiger partial charge on any atom is -0.312 e. The van der Waals surface area contributed by atoms with Gasteiger partial charge in [-0.25, -0.2) is 0 Å². The third-order valence-corrected chi connectivity index (χ3v) is 0.799. The Bertz CT molecular complexity index is 85.4. The first-order chi connectivity index (χ1) is 2.94. The first kappa shape index (κ1) is 7.32. The van der Waals surface area contributed by atoms with Gasteiger partial charge in [0.05, 0.1) is 36.8 Å². The molecule has 0 aromatic rings. The monoisotopic (exact) mass is 233 g/mol. The molecular weight excluding hydrogens is 234 g/mol. The highest BCUT2D eigenvalue weighted by atomic mass is 79.9. The molecular formula is CHBr2NO3. The maximum absolute atomic E-state index is 9.48. The first-order valence-electron chi connectivity index (χ1n) is 1.19. The standard InChI is InChI=1S/CHBr2NO3/c2-1(3,5)4(6)7/h5H. The summed E-state index contributed by atoms with van der Waals surface area (Å²) in [4.78, 5) is 8.56. The Kier molecular flexibility index (Phi) is 2.15. The van der Waals surface area contributed by atoms with Gasteiger partial charge in [0.15, 0.2) is 0 Å². The summed E-state index contributed by atoms with van der Waals surface area (Å²) >= 11 is 4.63. The van der Waals surface area contributed by atoms with Crippen molar-refractivity contribution in [3.63, 3.8) is 0 Å². The zero-order valence-electron chi connectivity index (χ0n) is 2.97. The highest BCUT2D eigenvalue weighted by Crippen LogP contribution is 2.21. The summed E-state index contributed by atoms with van der Waals surface area (Å²) in [7, 11) is 0. The van der Waals surface area contributed by atoms with Crippen LogP contribution in [0.4, 0.5) is 0 Å². The highest BCUT2D eigenvalue weighted by Gasteiger charge is 2.31. The average molecular weight is 235 g/mol. The lowest BCUT2D eigenvalue weighted by molar-refractivity contribution is -0.549. The summed E-state index contributed by atoms with van der Waals surface area (Å²) in [6.07, 6.45) is 0. The second-order valence-electron chi connectivity index (χ2n) is 0.767. The number of aliphatic hydroxyl groups is 1. The average Bonchev–Trinajstić information content (AvgIpc) is 1.31. The van der Waals surface area contributed by atoms with Gasteiger partial charge >= 0.3 is 3.54 Å². The van der Waals surface area contributed by atoms with Crippen molar-refractivity contribution < 1.29 is 10.0 Å². The number of nitro groups is 1. The van der Waals surface area contributed by atoms with Gasteiger partial charge in [-0.15, -0.1) is 0 Å². The van der Waals surface area contributed by atoms with E-state index >= 15 is 0 Å². The molecule has 0 spiro atoms. The first-order valence-corrected chi connectivity index (χ1v) is 2.78. The van der Waals surface area contributed by atoms with E-state index < -0.39 is 8.47 Å². The van der Waals surface area contributed by atoms with E-state index in [1.807, 2.05) is 0 Å². The zero-order chi connectivity index (χ0) is 6.08. The fraction of sp³-hybridized carbons (Fsp3) is 1.00. The van der Waals surface area contributed by atoms with Gasteiger partial charge in [-0.05, 0) is 0 Å². The molecule has 0 aliphatic rings. The number of halogens is 2. The van der Waals surface area contributed by atoms with Crippen molar-refractivity contribution >= 4 is 31.9 Å². The van der Waals surface area contributed by atoms with Gasteiger partial charge in [-0.3, -0.25) is 10.1 Å². The summed E-state index contributed by atoms with van der Waals surface area (Å²) in [6, 6.07) is 0. The van der Waals surface area contributed by atoms with Crippen LogP contribution in [0.2, 0.25) is 0 Å². The lowest BCUT2D eigenvalue weighted by Crippen LogP contribution is -2.21. The lowest BCUT2D eigenvalue weighted by Gasteiger charge is -1.98. The van der Waals surface area contributed by atoms with Crippen molar-refractivity contribution in [3.8, 4) is 0 Å². The van der Waals surface area contributed by atoms with E-state index in [9.17, 15) is 10.1 Å². The number of nitrogens with zero attached hydrogens (tertiary/aromatic N) is 1. The normalized spacial score (nSPS) is 11.3. The van der Waals surface area contributed by atoms with Gasteiger partial charge in [0.2, 0.25) is 0 Å². The van der Waals surface area contributed by atoms with Crippen molar-refractivity contribution in [2.45, 2.75) is 3.54 Å². The van der Waals surface area contributed by atoms with E-state index in [1.165, 1.54) is 0 Å². The second kappa shape index (κ2) is 2.06. The Hall–Kier alpha value is 0.320. The lowest BCUT2D eigenvalue weighted by atomic mass is 11.3. The molecule has 0 rings (SSSR count). The van der Waals surface area contributed by atoms with Gasteiger partial charge in [-0.2, -0.15) is 0 Å². The van der Waals surface area contributed by atoms with E-state index in [-0.39, 0.29) is 0 Å². The summed E-state index contributed by atoms with van der Waals surface area (Å²) in [5.74, 6) is 0. The Morgan fingerprint density at radius 3 is 1.86 bits per heavy atom. The van der Waals surface area contributed by atoms with Crippen molar-refractivity contribution in [2.24, 2.45) is 0 Å².